The monoisotopic (exact) mass is 361 g/mol. The van der Waals surface area contributed by atoms with E-state index in [2.05, 4.69) is 10.6 Å². The van der Waals surface area contributed by atoms with Crippen LogP contribution in [0.25, 0.3) is 0 Å². The molecule has 0 radical (unpaired) electrons. The summed E-state index contributed by atoms with van der Waals surface area (Å²) < 4.78 is 15.7. The van der Waals surface area contributed by atoms with Gasteiger partial charge in [0.1, 0.15) is 11.6 Å². The van der Waals surface area contributed by atoms with Crippen LogP contribution in [0.5, 0.6) is 11.5 Å². The van der Waals surface area contributed by atoms with Gasteiger partial charge >= 0.3 is 0 Å². The van der Waals surface area contributed by atoms with Gasteiger partial charge in [-0.1, -0.05) is 6.07 Å². The molecule has 7 heteroatoms. The second-order valence-electron chi connectivity index (χ2n) is 5.48. The molecule has 0 saturated heterocycles. The van der Waals surface area contributed by atoms with E-state index >= 15 is 0 Å². The quantitative estimate of drug-likeness (QED) is 0.357. The summed E-state index contributed by atoms with van der Waals surface area (Å²) in [7, 11) is 3.15. The third-order valence-electron chi connectivity index (χ3n) is 3.71. The van der Waals surface area contributed by atoms with Crippen LogP contribution in [-0.4, -0.2) is 39.9 Å². The molecule has 142 valence electrons. The topological polar surface area (TPSA) is 92.6 Å². The standard InChI is InChI=1S/C19H27N3O4/c1-5-26-10-6-9-21-19(23)16(12-20)13-22-14(2)15-7-8-17(24-3)18(11-15)25-4/h7-8,11,13-14,22H,5-6,9-10H2,1-4H3,(H,21,23)/b16-13-. The number of methoxy groups -OCH3 is 2. The van der Waals surface area contributed by atoms with Crippen molar-refractivity contribution in [2.45, 2.75) is 26.3 Å². The van der Waals surface area contributed by atoms with Crippen molar-refractivity contribution in [2.24, 2.45) is 0 Å². The summed E-state index contributed by atoms with van der Waals surface area (Å²) in [4.78, 5) is 12.0. The second-order valence-corrected chi connectivity index (χ2v) is 5.48. The minimum Gasteiger partial charge on any atom is -0.493 e. The Labute approximate surface area is 154 Å². The SMILES string of the molecule is CCOCCCNC(=O)/C(C#N)=C\NC(C)c1ccc(OC)c(OC)c1. The highest BCUT2D eigenvalue weighted by Crippen LogP contribution is 2.29. The third-order valence-corrected chi connectivity index (χ3v) is 3.71. The van der Waals surface area contributed by atoms with Crippen LogP contribution in [0.3, 0.4) is 0 Å². The average molecular weight is 361 g/mol. The molecule has 0 heterocycles. The molecule has 0 bridgehead atoms. The predicted molar refractivity (Wildman–Crippen MR) is 98.9 cm³/mol. The zero-order valence-corrected chi connectivity index (χ0v) is 15.8. The highest BCUT2D eigenvalue weighted by molar-refractivity contribution is 5.97. The maximum atomic E-state index is 12.0. The summed E-state index contributed by atoms with van der Waals surface area (Å²) in [6, 6.07) is 7.35. The first kappa shape index (κ1) is 21.3. The molecule has 1 aromatic rings. The van der Waals surface area contributed by atoms with Gasteiger partial charge in [-0.25, -0.2) is 0 Å². The van der Waals surface area contributed by atoms with Gasteiger partial charge in [0.05, 0.1) is 14.2 Å². The van der Waals surface area contributed by atoms with E-state index in [9.17, 15) is 10.1 Å². The van der Waals surface area contributed by atoms with Gasteiger partial charge in [0.25, 0.3) is 5.91 Å². The van der Waals surface area contributed by atoms with Gasteiger partial charge in [0.15, 0.2) is 11.5 Å². The molecule has 2 N–H and O–H groups in total. The molecule has 0 fully saturated rings. The van der Waals surface area contributed by atoms with Crippen molar-refractivity contribution in [3.8, 4) is 17.6 Å². The van der Waals surface area contributed by atoms with Crippen LogP contribution in [0.2, 0.25) is 0 Å². The Bertz CT molecular complexity index is 653. The Kier molecular flexibility index (Phi) is 9.65. The summed E-state index contributed by atoms with van der Waals surface area (Å²) in [6.07, 6.45) is 2.13. The maximum absolute atomic E-state index is 12.0. The molecular weight excluding hydrogens is 334 g/mol. The van der Waals surface area contributed by atoms with Crippen molar-refractivity contribution < 1.29 is 19.0 Å². The molecule has 26 heavy (non-hydrogen) atoms. The van der Waals surface area contributed by atoms with Crippen LogP contribution in [0.15, 0.2) is 30.0 Å². The minimum absolute atomic E-state index is 0.0220. The number of rotatable bonds is 11. The van der Waals surface area contributed by atoms with Crippen LogP contribution in [0.4, 0.5) is 0 Å². The van der Waals surface area contributed by atoms with Crippen molar-refractivity contribution in [1.29, 1.82) is 5.26 Å². The molecule has 0 spiro atoms. The fourth-order valence-electron chi connectivity index (χ4n) is 2.19. The Balaban J connectivity index is 2.65. The van der Waals surface area contributed by atoms with Gasteiger partial charge in [0.2, 0.25) is 0 Å². The molecular formula is C19H27N3O4. The first-order valence-corrected chi connectivity index (χ1v) is 8.51. The van der Waals surface area contributed by atoms with Crippen molar-refractivity contribution >= 4 is 5.91 Å². The molecule has 1 aromatic carbocycles. The molecule has 0 aliphatic rings. The molecule has 1 atom stereocenters. The van der Waals surface area contributed by atoms with Gasteiger partial charge < -0.3 is 24.8 Å². The number of nitrogens with zero attached hydrogens (tertiary/aromatic N) is 1. The van der Waals surface area contributed by atoms with Crippen LogP contribution in [-0.2, 0) is 9.53 Å². The molecule has 1 unspecified atom stereocenters. The summed E-state index contributed by atoms with van der Waals surface area (Å²) in [5, 5.41) is 15.0. The number of nitrogens with one attached hydrogen (secondary N) is 2. The molecule has 0 saturated carbocycles. The molecule has 0 aromatic heterocycles. The third kappa shape index (κ3) is 6.65. The Morgan fingerprint density at radius 3 is 2.65 bits per heavy atom. The Hall–Kier alpha value is -2.72. The number of hydrogen-bond acceptors (Lipinski definition) is 6. The van der Waals surface area contributed by atoms with E-state index in [0.717, 1.165) is 5.56 Å². The lowest BCUT2D eigenvalue weighted by molar-refractivity contribution is -0.117. The van der Waals surface area contributed by atoms with E-state index in [-0.39, 0.29) is 11.6 Å². The fourth-order valence-corrected chi connectivity index (χ4v) is 2.19. The van der Waals surface area contributed by atoms with E-state index in [1.165, 1.54) is 6.20 Å². The van der Waals surface area contributed by atoms with E-state index in [1.807, 2.05) is 38.1 Å². The van der Waals surface area contributed by atoms with E-state index in [0.29, 0.717) is 37.7 Å². The van der Waals surface area contributed by atoms with Crippen molar-refractivity contribution in [3.05, 3.63) is 35.5 Å². The predicted octanol–water partition coefficient (Wildman–Crippen LogP) is 2.30. The highest BCUT2D eigenvalue weighted by Gasteiger charge is 2.11. The van der Waals surface area contributed by atoms with E-state index < -0.39 is 5.91 Å². The van der Waals surface area contributed by atoms with Crippen LogP contribution in [0.1, 0.15) is 31.9 Å². The Morgan fingerprint density at radius 2 is 2.04 bits per heavy atom. The first-order chi connectivity index (χ1) is 12.6. The molecule has 0 aliphatic heterocycles. The average Bonchev–Trinajstić information content (AvgIpc) is 2.67. The van der Waals surface area contributed by atoms with Gasteiger partial charge in [-0.15, -0.1) is 0 Å². The van der Waals surface area contributed by atoms with Crippen LogP contribution in [0, 0.1) is 11.3 Å². The first-order valence-electron chi connectivity index (χ1n) is 8.51. The minimum atomic E-state index is -0.406. The number of hydrogen-bond donors (Lipinski definition) is 2. The lowest BCUT2D eigenvalue weighted by Crippen LogP contribution is -2.27. The number of nitriles is 1. The number of amides is 1. The van der Waals surface area contributed by atoms with Gasteiger partial charge in [-0.3, -0.25) is 4.79 Å². The van der Waals surface area contributed by atoms with Gasteiger partial charge in [-0.2, -0.15) is 5.26 Å². The van der Waals surface area contributed by atoms with E-state index in [1.54, 1.807) is 14.2 Å². The molecule has 0 aliphatic carbocycles. The molecule has 1 amide bonds. The zero-order valence-electron chi connectivity index (χ0n) is 15.8. The number of ether oxygens (including phenoxy) is 3. The zero-order chi connectivity index (χ0) is 19.4. The lowest BCUT2D eigenvalue weighted by atomic mass is 10.1. The number of carbonyl (C=O) groups excluding carboxylic acids is 1. The van der Waals surface area contributed by atoms with Gasteiger partial charge in [0, 0.05) is 32.0 Å². The Morgan fingerprint density at radius 1 is 1.31 bits per heavy atom. The lowest BCUT2D eigenvalue weighted by Gasteiger charge is -2.15. The van der Waals surface area contributed by atoms with Crippen molar-refractivity contribution in [2.75, 3.05) is 34.0 Å². The van der Waals surface area contributed by atoms with Crippen LogP contribution < -0.4 is 20.1 Å². The smallest absolute Gasteiger partial charge is 0.263 e. The summed E-state index contributed by atoms with van der Waals surface area (Å²) in [6.45, 7) is 5.53. The van der Waals surface area contributed by atoms with E-state index in [4.69, 9.17) is 14.2 Å². The normalized spacial score (nSPS) is 12.0. The molecule has 7 nitrogen and oxygen atoms in total. The van der Waals surface area contributed by atoms with Gasteiger partial charge in [-0.05, 0) is 38.0 Å². The number of carbonyl (C=O) groups is 1. The second kappa shape index (κ2) is 11.8. The fraction of sp³-hybridized carbons (Fsp3) is 0.474. The van der Waals surface area contributed by atoms with Crippen molar-refractivity contribution in [1.82, 2.24) is 10.6 Å². The summed E-state index contributed by atoms with van der Waals surface area (Å²) >= 11 is 0. The highest BCUT2D eigenvalue weighted by atomic mass is 16.5. The number of benzene rings is 1. The largest absolute Gasteiger partial charge is 0.493 e. The maximum Gasteiger partial charge on any atom is 0.263 e. The summed E-state index contributed by atoms with van der Waals surface area (Å²) in [5.41, 5.74) is 0.960. The summed E-state index contributed by atoms with van der Waals surface area (Å²) in [5.74, 6) is 0.856. The van der Waals surface area contributed by atoms with Crippen molar-refractivity contribution in [3.63, 3.8) is 0 Å². The molecule has 1 rings (SSSR count). The van der Waals surface area contributed by atoms with Crippen LogP contribution >= 0.6 is 0 Å².